The first-order valence-corrected chi connectivity index (χ1v) is 6.90. The molecule has 1 aromatic rings. The summed E-state index contributed by atoms with van der Waals surface area (Å²) in [6, 6.07) is 7.66. The van der Waals surface area contributed by atoms with Crippen LogP contribution in [-0.4, -0.2) is 40.1 Å². The molecule has 108 valence electrons. The van der Waals surface area contributed by atoms with E-state index in [1.165, 1.54) is 0 Å². The molecular formula is C13H13IO6. The van der Waals surface area contributed by atoms with Crippen LogP contribution in [0.15, 0.2) is 35.8 Å². The van der Waals surface area contributed by atoms with Crippen molar-refractivity contribution in [1.82, 2.24) is 0 Å². The van der Waals surface area contributed by atoms with Crippen LogP contribution >= 0.6 is 22.6 Å². The first kappa shape index (κ1) is 15.1. The van der Waals surface area contributed by atoms with Gasteiger partial charge in [-0.1, -0.05) is 12.1 Å². The number of hydrogen-bond donors (Lipinski definition) is 3. The van der Waals surface area contributed by atoms with E-state index in [0.29, 0.717) is 0 Å². The van der Waals surface area contributed by atoms with Gasteiger partial charge in [-0.15, -0.1) is 0 Å². The van der Waals surface area contributed by atoms with Gasteiger partial charge < -0.3 is 24.8 Å². The number of carbonyl (C=O) groups excluding carboxylic acids is 1. The molecular weight excluding hydrogens is 377 g/mol. The van der Waals surface area contributed by atoms with Crippen molar-refractivity contribution < 1.29 is 29.6 Å². The number of aliphatic hydroxyl groups excluding tert-OH is 3. The molecule has 0 saturated carbocycles. The van der Waals surface area contributed by atoms with Crippen molar-refractivity contribution in [3.63, 3.8) is 0 Å². The molecule has 1 aromatic carbocycles. The molecule has 1 heterocycles. The predicted molar refractivity (Wildman–Crippen MR) is 77.0 cm³/mol. The van der Waals surface area contributed by atoms with E-state index in [1.807, 2.05) is 24.3 Å². The number of hydrogen-bond acceptors (Lipinski definition) is 6. The standard InChI is InChI=1S/C13H13IO6/c14-8-3-1-2-7(4-8)5-19-6-9(15)12-10(16)11(17)13(18)20-12/h1-4,9,12,15-17H,5-6H2/t9-,12+/m0/s1/i14-2. The van der Waals surface area contributed by atoms with E-state index >= 15 is 0 Å². The average Bonchev–Trinajstić information content (AvgIpc) is 2.66. The van der Waals surface area contributed by atoms with Gasteiger partial charge in [0.2, 0.25) is 5.76 Å². The first-order valence-electron chi connectivity index (χ1n) is 5.82. The maximum Gasteiger partial charge on any atom is 0.377 e. The smallest absolute Gasteiger partial charge is 0.377 e. The molecule has 2 rings (SSSR count). The van der Waals surface area contributed by atoms with Crippen molar-refractivity contribution in [2.24, 2.45) is 0 Å². The molecule has 0 spiro atoms. The van der Waals surface area contributed by atoms with Crippen LogP contribution in [-0.2, 0) is 20.9 Å². The molecule has 0 aromatic heterocycles. The maximum atomic E-state index is 11.0. The van der Waals surface area contributed by atoms with Crippen molar-refractivity contribution in [2.45, 2.75) is 18.8 Å². The number of benzene rings is 1. The molecule has 3 N–H and O–H groups in total. The summed E-state index contributed by atoms with van der Waals surface area (Å²) < 4.78 is 11.0. The second-order valence-electron chi connectivity index (χ2n) is 4.27. The summed E-state index contributed by atoms with van der Waals surface area (Å²) in [4.78, 5) is 11.0. The van der Waals surface area contributed by atoms with Crippen molar-refractivity contribution in [3.05, 3.63) is 44.9 Å². The lowest BCUT2D eigenvalue weighted by Crippen LogP contribution is -2.32. The van der Waals surface area contributed by atoms with Gasteiger partial charge in [-0.2, -0.15) is 0 Å². The minimum atomic E-state index is -1.28. The van der Waals surface area contributed by atoms with Gasteiger partial charge in [0, 0.05) is 3.57 Å². The van der Waals surface area contributed by atoms with Gasteiger partial charge in [0.1, 0.15) is 6.10 Å². The Bertz CT molecular complexity index is 541. The highest BCUT2D eigenvalue weighted by atomic mass is 125. The van der Waals surface area contributed by atoms with Crippen LogP contribution in [0.2, 0.25) is 0 Å². The zero-order valence-electron chi connectivity index (χ0n) is 10.3. The third-order valence-corrected chi connectivity index (χ3v) is 3.41. The number of cyclic esters (lactones) is 1. The molecule has 1 aliphatic heterocycles. The average molecular weight is 390 g/mol. The van der Waals surface area contributed by atoms with Crippen molar-refractivity contribution in [3.8, 4) is 0 Å². The van der Waals surface area contributed by atoms with Crippen LogP contribution < -0.4 is 0 Å². The number of rotatable bonds is 5. The Labute approximate surface area is 128 Å². The van der Waals surface area contributed by atoms with E-state index in [1.54, 1.807) is 0 Å². The van der Waals surface area contributed by atoms with Crippen LogP contribution in [0.1, 0.15) is 5.56 Å². The molecule has 0 radical (unpaired) electrons. The molecule has 1 aliphatic rings. The second kappa shape index (κ2) is 6.42. The van der Waals surface area contributed by atoms with E-state index in [2.05, 4.69) is 27.3 Å². The highest BCUT2D eigenvalue weighted by Crippen LogP contribution is 2.21. The van der Waals surface area contributed by atoms with Crippen LogP contribution in [0.3, 0.4) is 0 Å². The highest BCUT2D eigenvalue weighted by molar-refractivity contribution is 14.1. The molecule has 0 saturated heterocycles. The topological polar surface area (TPSA) is 96.2 Å². The molecule has 0 aliphatic carbocycles. The molecule has 6 nitrogen and oxygen atoms in total. The first-order chi connectivity index (χ1) is 9.49. The summed E-state index contributed by atoms with van der Waals surface area (Å²) in [5, 5.41) is 28.3. The fraction of sp³-hybridized carbons (Fsp3) is 0.308. The van der Waals surface area contributed by atoms with Crippen molar-refractivity contribution in [2.75, 3.05) is 6.61 Å². The summed E-state index contributed by atoms with van der Waals surface area (Å²) in [6.07, 6.45) is -2.52. The lowest BCUT2D eigenvalue weighted by atomic mass is 10.2. The lowest BCUT2D eigenvalue weighted by Gasteiger charge is -2.17. The fourth-order valence-electron chi connectivity index (χ4n) is 1.74. The van der Waals surface area contributed by atoms with Gasteiger partial charge in [0.15, 0.2) is 11.9 Å². The monoisotopic (exact) mass is 390 g/mol. The molecule has 0 fully saturated rings. The predicted octanol–water partition coefficient (Wildman–Crippen LogP) is 1.42. The Balaban J connectivity index is 1.84. The van der Waals surface area contributed by atoms with Gasteiger partial charge in [0.05, 0.1) is 13.2 Å². The van der Waals surface area contributed by atoms with E-state index in [-0.39, 0.29) is 13.2 Å². The summed E-state index contributed by atoms with van der Waals surface area (Å²) in [6.45, 7) is 0.145. The Morgan fingerprint density at radius 2 is 2.15 bits per heavy atom. The minimum absolute atomic E-state index is 0.138. The Morgan fingerprint density at radius 1 is 1.40 bits per heavy atom. The molecule has 2 atom stereocenters. The molecule has 7 heteroatoms. The number of carbonyl (C=O) groups is 1. The Kier molecular flexibility index (Phi) is 4.84. The van der Waals surface area contributed by atoms with E-state index < -0.39 is 29.7 Å². The van der Waals surface area contributed by atoms with Crippen LogP contribution in [0.4, 0.5) is 0 Å². The Morgan fingerprint density at radius 3 is 2.75 bits per heavy atom. The van der Waals surface area contributed by atoms with Crippen LogP contribution in [0.5, 0.6) is 0 Å². The quantitative estimate of drug-likeness (QED) is 0.520. The zero-order chi connectivity index (χ0) is 14.7. The van der Waals surface area contributed by atoms with Crippen LogP contribution in [0.25, 0.3) is 0 Å². The van der Waals surface area contributed by atoms with Gasteiger partial charge in [-0.25, -0.2) is 4.79 Å². The van der Waals surface area contributed by atoms with Gasteiger partial charge in [0.25, 0.3) is 0 Å². The molecule has 0 bridgehead atoms. The summed E-state index contributed by atoms with van der Waals surface area (Å²) in [5.41, 5.74) is 0.940. The molecule has 0 unspecified atom stereocenters. The van der Waals surface area contributed by atoms with E-state index in [9.17, 15) is 15.0 Å². The SMILES string of the molecule is O=C1O[C@H]([C@@H](O)COCc2cccc([125I])c2)C(O)=C1O. The number of esters is 1. The summed E-state index contributed by atoms with van der Waals surface area (Å²) >= 11 is 2.18. The molecule has 20 heavy (non-hydrogen) atoms. The number of halogens is 1. The van der Waals surface area contributed by atoms with Gasteiger partial charge in [-0.3, -0.25) is 0 Å². The minimum Gasteiger partial charge on any atom is -0.505 e. The number of aliphatic hydroxyl groups is 3. The normalized spacial score (nSPS) is 20.1. The zero-order valence-corrected chi connectivity index (χ0v) is 12.5. The Hall–Kier alpha value is -1.32. The van der Waals surface area contributed by atoms with Gasteiger partial charge >= 0.3 is 5.97 Å². The summed E-state index contributed by atoms with van der Waals surface area (Å²) in [7, 11) is 0. The van der Waals surface area contributed by atoms with Gasteiger partial charge in [-0.05, 0) is 40.3 Å². The molecule has 0 amide bonds. The van der Waals surface area contributed by atoms with E-state index in [4.69, 9.17) is 9.84 Å². The third-order valence-electron chi connectivity index (χ3n) is 2.74. The third kappa shape index (κ3) is 3.41. The number of ether oxygens (including phenoxy) is 2. The van der Waals surface area contributed by atoms with Crippen LogP contribution in [0, 0.1) is 3.57 Å². The van der Waals surface area contributed by atoms with E-state index in [0.717, 1.165) is 9.13 Å². The highest BCUT2D eigenvalue weighted by Gasteiger charge is 2.39. The van der Waals surface area contributed by atoms with Crippen molar-refractivity contribution in [1.29, 1.82) is 0 Å². The summed E-state index contributed by atoms with van der Waals surface area (Å²) in [5.74, 6) is -2.59. The lowest BCUT2D eigenvalue weighted by molar-refractivity contribution is -0.148. The second-order valence-corrected chi connectivity index (χ2v) is 5.52. The maximum absolute atomic E-state index is 11.0. The fourth-order valence-corrected chi connectivity index (χ4v) is 2.35. The largest absolute Gasteiger partial charge is 0.505 e. The van der Waals surface area contributed by atoms with Crippen molar-refractivity contribution >= 4 is 28.6 Å².